The minimum atomic E-state index is -0.729. The van der Waals surface area contributed by atoms with Crippen molar-refractivity contribution < 1.29 is 19.4 Å². The number of aliphatic hydroxyl groups excluding tert-OH is 1. The van der Waals surface area contributed by atoms with E-state index in [1.165, 1.54) is 12.7 Å². The molecule has 1 aliphatic carbocycles. The van der Waals surface area contributed by atoms with E-state index in [0.717, 1.165) is 79.8 Å². The zero-order valence-electron chi connectivity index (χ0n) is 28.5. The summed E-state index contributed by atoms with van der Waals surface area (Å²) in [6.45, 7) is 16.5. The molecule has 240 valence electrons. The minimum Gasteiger partial charge on any atom is -0.469 e. The van der Waals surface area contributed by atoms with Gasteiger partial charge in [0.05, 0.1) is 53.1 Å². The monoisotopic (exact) mass is 620 g/mol. The lowest BCUT2D eigenvalue weighted by Crippen LogP contribution is -2.19. The molecule has 5 heterocycles. The van der Waals surface area contributed by atoms with Crippen molar-refractivity contribution in [1.29, 1.82) is 0 Å². The first-order valence-corrected chi connectivity index (χ1v) is 16.6. The van der Waals surface area contributed by atoms with E-state index in [0.29, 0.717) is 24.1 Å². The van der Waals surface area contributed by atoms with Gasteiger partial charge in [-0.2, -0.15) is 0 Å². The number of methoxy groups -OCH3 is 1. The molecule has 0 radical (unpaired) electrons. The Bertz CT molecular complexity index is 1830. The van der Waals surface area contributed by atoms with Crippen LogP contribution >= 0.6 is 0 Å². The van der Waals surface area contributed by atoms with Gasteiger partial charge in [0.2, 0.25) is 0 Å². The van der Waals surface area contributed by atoms with Gasteiger partial charge in [0, 0.05) is 47.1 Å². The fraction of sp³-hybridized carbons (Fsp3) is 0.474. The number of aliphatic hydroxyl groups is 1. The van der Waals surface area contributed by atoms with Gasteiger partial charge in [-0.05, 0) is 92.9 Å². The number of aliphatic imine (C=N–C) groups is 4. The molecule has 0 aromatic heterocycles. The lowest BCUT2D eigenvalue weighted by Gasteiger charge is -2.19. The molecule has 0 saturated heterocycles. The standard InChI is InChI=1S/C38H44N4O4/c1-10-17(3)32-19(5)26-15-29-33(22(8)43)20(6)36(41-29)21(7)35-18(4)24(12-13-31(45)46-9)37(42-35)25-14-30(44)34-23(11-2)27(40-38(25)34)16-28(32)39-26/h15-18,22,24,43H,10-14H2,1-9H3. The van der Waals surface area contributed by atoms with E-state index in [2.05, 4.69) is 34.6 Å². The van der Waals surface area contributed by atoms with Gasteiger partial charge in [-0.3, -0.25) is 14.6 Å². The normalized spacial score (nSPS) is 25.3. The maximum Gasteiger partial charge on any atom is 0.305 e. The van der Waals surface area contributed by atoms with E-state index in [1.54, 1.807) is 6.92 Å². The molecule has 0 aromatic carbocycles. The molecular formula is C38H44N4O4. The highest BCUT2D eigenvalue weighted by atomic mass is 16.5. The Hall–Kier alpha value is -4.04. The maximum atomic E-state index is 13.7. The molecule has 0 amide bonds. The molecule has 4 unspecified atom stereocenters. The number of ether oxygens (including phenoxy) is 1. The van der Waals surface area contributed by atoms with Crippen molar-refractivity contribution in [2.24, 2.45) is 37.7 Å². The topological polar surface area (TPSA) is 113 Å². The molecule has 8 nitrogen and oxygen atoms in total. The van der Waals surface area contributed by atoms with Crippen LogP contribution < -0.4 is 0 Å². The van der Waals surface area contributed by atoms with Gasteiger partial charge >= 0.3 is 5.97 Å². The van der Waals surface area contributed by atoms with Crippen LogP contribution in [0.4, 0.5) is 0 Å². The van der Waals surface area contributed by atoms with E-state index in [9.17, 15) is 14.7 Å². The van der Waals surface area contributed by atoms with Gasteiger partial charge < -0.3 is 9.84 Å². The van der Waals surface area contributed by atoms with Crippen LogP contribution in [0.2, 0.25) is 0 Å². The Balaban J connectivity index is 1.67. The summed E-state index contributed by atoms with van der Waals surface area (Å²) in [5.74, 6) is -0.0825. The Morgan fingerprint density at radius 2 is 1.67 bits per heavy atom. The van der Waals surface area contributed by atoms with Crippen molar-refractivity contribution in [2.75, 3.05) is 7.11 Å². The fourth-order valence-electron chi connectivity index (χ4n) is 7.92. The molecule has 8 heteroatoms. The molecule has 6 aliphatic rings. The molecule has 0 aromatic rings. The highest BCUT2D eigenvalue weighted by molar-refractivity contribution is 6.38. The van der Waals surface area contributed by atoms with Crippen LogP contribution in [0.3, 0.4) is 0 Å². The van der Waals surface area contributed by atoms with Crippen molar-refractivity contribution in [3.8, 4) is 0 Å². The van der Waals surface area contributed by atoms with Crippen LogP contribution in [0.25, 0.3) is 0 Å². The summed E-state index contributed by atoms with van der Waals surface area (Å²) in [7, 11) is 1.41. The first kappa shape index (κ1) is 31.9. The summed E-state index contributed by atoms with van der Waals surface area (Å²) in [6.07, 6.45) is 5.97. The predicted molar refractivity (Wildman–Crippen MR) is 183 cm³/mol. The van der Waals surface area contributed by atoms with Crippen LogP contribution in [-0.2, 0) is 14.3 Å². The first-order valence-electron chi connectivity index (χ1n) is 16.6. The molecule has 0 spiro atoms. The SMILES string of the molecule is CCC1=C2C(=O)CC3=C4N=C(C(C)=C5N=C(C=C6N=C(C=C1N=C32)C(C(C)CC)=C6C)C(C(C)O)=C5C)C(C)C4CCC(=O)OC. The third kappa shape index (κ3) is 4.93. The lowest BCUT2D eigenvalue weighted by molar-refractivity contribution is -0.140. The Morgan fingerprint density at radius 3 is 2.33 bits per heavy atom. The molecule has 4 atom stereocenters. The number of carbonyl (C=O) groups is 2. The zero-order valence-corrected chi connectivity index (χ0v) is 28.5. The summed E-state index contributed by atoms with van der Waals surface area (Å²) in [5, 5.41) is 11.0. The smallest absolute Gasteiger partial charge is 0.305 e. The minimum absolute atomic E-state index is 0.0358. The highest BCUT2D eigenvalue weighted by Crippen LogP contribution is 2.47. The molecule has 8 bridgehead atoms. The Labute approximate surface area is 271 Å². The summed E-state index contributed by atoms with van der Waals surface area (Å²) in [4.78, 5) is 46.8. The van der Waals surface area contributed by atoms with Gasteiger partial charge in [-0.1, -0.05) is 27.7 Å². The molecule has 5 aliphatic heterocycles. The van der Waals surface area contributed by atoms with Gasteiger partial charge in [-0.25, -0.2) is 15.0 Å². The second-order valence-electron chi connectivity index (χ2n) is 13.2. The van der Waals surface area contributed by atoms with Crippen LogP contribution in [0, 0.1) is 17.8 Å². The van der Waals surface area contributed by atoms with E-state index >= 15 is 0 Å². The van der Waals surface area contributed by atoms with Crippen molar-refractivity contribution in [3.05, 3.63) is 79.5 Å². The summed E-state index contributed by atoms with van der Waals surface area (Å²) in [6, 6.07) is 0. The number of esters is 1. The van der Waals surface area contributed by atoms with Crippen LogP contribution in [0.15, 0.2) is 99.5 Å². The molecule has 1 saturated carbocycles. The Kier molecular flexibility index (Phi) is 8.30. The number of hydrogen-bond acceptors (Lipinski definition) is 8. The number of carbonyl (C=O) groups excluding carboxylic acids is 2. The van der Waals surface area contributed by atoms with Crippen molar-refractivity contribution in [3.63, 3.8) is 0 Å². The molecule has 6 rings (SSSR count). The highest BCUT2D eigenvalue weighted by Gasteiger charge is 2.43. The van der Waals surface area contributed by atoms with Crippen LogP contribution in [0.1, 0.15) is 87.5 Å². The molecular weight excluding hydrogens is 576 g/mol. The number of allylic oxidation sites excluding steroid dienone is 10. The average Bonchev–Trinajstić information content (AvgIpc) is 3.79. The van der Waals surface area contributed by atoms with E-state index in [-0.39, 0.29) is 42.3 Å². The third-order valence-corrected chi connectivity index (χ3v) is 10.5. The van der Waals surface area contributed by atoms with E-state index in [4.69, 9.17) is 24.7 Å². The van der Waals surface area contributed by atoms with Crippen LogP contribution in [-0.4, -0.2) is 52.9 Å². The Morgan fingerprint density at radius 1 is 0.978 bits per heavy atom. The fourth-order valence-corrected chi connectivity index (χ4v) is 7.92. The maximum absolute atomic E-state index is 13.7. The predicted octanol–water partition coefficient (Wildman–Crippen LogP) is 7.06. The largest absolute Gasteiger partial charge is 0.469 e. The second-order valence-corrected chi connectivity index (χ2v) is 13.2. The molecule has 46 heavy (non-hydrogen) atoms. The number of rotatable bonds is 7. The molecule has 1 fully saturated rings. The summed E-state index contributed by atoms with van der Waals surface area (Å²) < 4.78 is 5.00. The van der Waals surface area contributed by atoms with Crippen molar-refractivity contribution >= 4 is 34.6 Å². The molecule has 1 N–H and O–H groups in total. The van der Waals surface area contributed by atoms with Crippen molar-refractivity contribution in [2.45, 2.75) is 93.6 Å². The summed E-state index contributed by atoms with van der Waals surface area (Å²) >= 11 is 0. The third-order valence-electron chi connectivity index (χ3n) is 10.5. The van der Waals surface area contributed by atoms with E-state index in [1.807, 2.05) is 26.0 Å². The average molecular weight is 621 g/mol. The van der Waals surface area contributed by atoms with Gasteiger partial charge in [-0.15, -0.1) is 0 Å². The number of fused-ring (bicyclic) bond motifs is 4. The van der Waals surface area contributed by atoms with Crippen molar-refractivity contribution in [1.82, 2.24) is 0 Å². The number of ketones is 1. The number of Topliss-reactive ketones (excluding diaryl/α,β-unsaturated/α-hetero) is 1. The number of hydrogen-bond donors (Lipinski definition) is 1. The number of nitrogens with zero attached hydrogens (tertiary/aromatic N) is 4. The quantitative estimate of drug-likeness (QED) is 0.307. The van der Waals surface area contributed by atoms with Crippen LogP contribution in [0.5, 0.6) is 0 Å². The summed E-state index contributed by atoms with van der Waals surface area (Å²) in [5.41, 5.74) is 13.7. The zero-order chi connectivity index (χ0) is 33.2. The van der Waals surface area contributed by atoms with Gasteiger partial charge in [0.1, 0.15) is 0 Å². The first-order chi connectivity index (χ1) is 21.9. The van der Waals surface area contributed by atoms with Gasteiger partial charge in [0.25, 0.3) is 0 Å². The lowest BCUT2D eigenvalue weighted by atomic mass is 9.83. The van der Waals surface area contributed by atoms with E-state index < -0.39 is 6.10 Å². The second kappa shape index (κ2) is 12.0. The van der Waals surface area contributed by atoms with Gasteiger partial charge in [0.15, 0.2) is 5.78 Å².